The Bertz CT molecular complexity index is 560. The molecule has 92 valence electrons. The highest BCUT2D eigenvalue weighted by molar-refractivity contribution is 5.31. The van der Waals surface area contributed by atoms with E-state index in [0.717, 1.165) is 18.8 Å². The van der Waals surface area contributed by atoms with Crippen molar-refractivity contribution in [2.75, 3.05) is 0 Å². The van der Waals surface area contributed by atoms with Gasteiger partial charge in [-0.3, -0.25) is 4.68 Å². The molecule has 4 nitrogen and oxygen atoms in total. The van der Waals surface area contributed by atoms with Crippen LogP contribution in [0.15, 0.2) is 30.5 Å². The van der Waals surface area contributed by atoms with Gasteiger partial charge in [-0.25, -0.2) is 0 Å². The van der Waals surface area contributed by atoms with E-state index in [-0.39, 0.29) is 0 Å². The molecule has 1 aromatic carbocycles. The summed E-state index contributed by atoms with van der Waals surface area (Å²) >= 11 is 0. The zero-order chi connectivity index (χ0) is 13.0. The van der Waals surface area contributed by atoms with Crippen LogP contribution in [0, 0.1) is 18.3 Å². The van der Waals surface area contributed by atoms with Crippen LogP contribution in [0.25, 0.3) is 0 Å². The highest BCUT2D eigenvalue weighted by Gasteiger charge is 2.02. The molecule has 0 aliphatic rings. The Hall–Kier alpha value is -2.12. The first-order chi connectivity index (χ1) is 8.69. The van der Waals surface area contributed by atoms with E-state index in [1.807, 2.05) is 49.1 Å². The van der Waals surface area contributed by atoms with Crippen LogP contribution in [-0.2, 0) is 20.1 Å². The van der Waals surface area contributed by atoms with E-state index in [1.165, 1.54) is 11.1 Å². The number of hydrogen-bond acceptors (Lipinski definition) is 3. The minimum atomic E-state index is 0.696. The third-order valence-electron chi connectivity index (χ3n) is 2.84. The van der Waals surface area contributed by atoms with Crippen LogP contribution in [-0.4, -0.2) is 9.78 Å². The van der Waals surface area contributed by atoms with Gasteiger partial charge < -0.3 is 5.32 Å². The fourth-order valence-corrected chi connectivity index (χ4v) is 1.86. The van der Waals surface area contributed by atoms with Gasteiger partial charge in [0.2, 0.25) is 0 Å². The molecule has 4 heteroatoms. The minimum Gasteiger partial charge on any atom is -0.308 e. The van der Waals surface area contributed by atoms with Gasteiger partial charge in [0.05, 0.1) is 17.3 Å². The predicted octanol–water partition coefficient (Wildman–Crippen LogP) is 1.89. The smallest absolute Gasteiger partial charge is 0.0991 e. The van der Waals surface area contributed by atoms with Crippen LogP contribution in [0.4, 0.5) is 0 Å². The highest BCUT2D eigenvalue weighted by atomic mass is 15.2. The lowest BCUT2D eigenvalue weighted by atomic mass is 10.1. The van der Waals surface area contributed by atoms with Gasteiger partial charge in [0.15, 0.2) is 0 Å². The Balaban J connectivity index is 1.88. The number of nitrogens with one attached hydrogen (secondary N) is 1. The molecule has 0 bridgehead atoms. The molecule has 1 N–H and O–H groups in total. The summed E-state index contributed by atoms with van der Waals surface area (Å²) in [7, 11) is 1.93. The normalized spacial score (nSPS) is 10.3. The van der Waals surface area contributed by atoms with E-state index in [4.69, 9.17) is 5.26 Å². The van der Waals surface area contributed by atoms with Gasteiger partial charge in [0, 0.05) is 31.9 Å². The van der Waals surface area contributed by atoms with Crippen molar-refractivity contribution in [2.24, 2.45) is 7.05 Å². The number of nitrogens with zero attached hydrogens (tertiary/aromatic N) is 3. The topological polar surface area (TPSA) is 53.6 Å². The molecule has 0 spiro atoms. The SMILES string of the molecule is Cc1nn(C)cc1CNCc1ccc(C#N)cc1. The number of hydrogen-bond donors (Lipinski definition) is 1. The third kappa shape index (κ3) is 2.96. The van der Waals surface area contributed by atoms with Crippen molar-refractivity contribution in [2.45, 2.75) is 20.0 Å². The molecule has 0 saturated heterocycles. The Kier molecular flexibility index (Phi) is 3.75. The maximum Gasteiger partial charge on any atom is 0.0991 e. The number of rotatable bonds is 4. The second kappa shape index (κ2) is 5.48. The second-order valence-electron chi connectivity index (χ2n) is 4.33. The van der Waals surface area contributed by atoms with Crippen LogP contribution < -0.4 is 5.32 Å². The zero-order valence-electron chi connectivity index (χ0n) is 10.6. The molecule has 0 radical (unpaired) electrons. The van der Waals surface area contributed by atoms with Crippen molar-refractivity contribution in [1.29, 1.82) is 5.26 Å². The van der Waals surface area contributed by atoms with E-state index < -0.39 is 0 Å². The van der Waals surface area contributed by atoms with E-state index in [1.54, 1.807) is 0 Å². The number of nitriles is 1. The fraction of sp³-hybridized carbons (Fsp3) is 0.286. The van der Waals surface area contributed by atoms with Crippen LogP contribution in [0.5, 0.6) is 0 Å². The van der Waals surface area contributed by atoms with Gasteiger partial charge >= 0.3 is 0 Å². The summed E-state index contributed by atoms with van der Waals surface area (Å²) in [6, 6.07) is 9.74. The van der Waals surface area contributed by atoms with Crippen molar-refractivity contribution < 1.29 is 0 Å². The first kappa shape index (κ1) is 12.3. The average molecular weight is 240 g/mol. The summed E-state index contributed by atoms with van der Waals surface area (Å²) in [6.07, 6.45) is 2.03. The number of aryl methyl sites for hydroxylation is 2. The first-order valence-corrected chi connectivity index (χ1v) is 5.88. The van der Waals surface area contributed by atoms with Crippen molar-refractivity contribution in [3.63, 3.8) is 0 Å². The maximum atomic E-state index is 8.71. The molecule has 1 heterocycles. The highest BCUT2D eigenvalue weighted by Crippen LogP contribution is 2.06. The number of aromatic nitrogens is 2. The summed E-state index contributed by atoms with van der Waals surface area (Å²) in [5, 5.41) is 16.4. The average Bonchev–Trinajstić information content (AvgIpc) is 2.69. The lowest BCUT2D eigenvalue weighted by molar-refractivity contribution is 0.690. The third-order valence-corrected chi connectivity index (χ3v) is 2.84. The minimum absolute atomic E-state index is 0.696. The predicted molar refractivity (Wildman–Crippen MR) is 69.6 cm³/mol. The molecule has 0 amide bonds. The van der Waals surface area contributed by atoms with Gasteiger partial charge in [0.1, 0.15) is 0 Å². The van der Waals surface area contributed by atoms with E-state index in [0.29, 0.717) is 5.56 Å². The van der Waals surface area contributed by atoms with E-state index in [2.05, 4.69) is 16.5 Å². The maximum absolute atomic E-state index is 8.71. The summed E-state index contributed by atoms with van der Waals surface area (Å²) in [5.74, 6) is 0. The standard InChI is InChI=1S/C14H16N4/c1-11-14(10-18(2)17-11)9-16-8-13-5-3-12(7-15)4-6-13/h3-6,10,16H,8-9H2,1-2H3. The summed E-state index contributed by atoms with van der Waals surface area (Å²) in [6.45, 7) is 3.61. The Labute approximate surface area is 107 Å². The van der Waals surface area contributed by atoms with Gasteiger partial charge in [-0.05, 0) is 24.6 Å². The second-order valence-corrected chi connectivity index (χ2v) is 4.33. The monoisotopic (exact) mass is 240 g/mol. The van der Waals surface area contributed by atoms with Crippen molar-refractivity contribution >= 4 is 0 Å². The molecule has 1 aromatic heterocycles. The van der Waals surface area contributed by atoms with Crippen LogP contribution in [0.1, 0.15) is 22.4 Å². The van der Waals surface area contributed by atoms with Crippen LogP contribution in [0.3, 0.4) is 0 Å². The molecule has 2 aromatic rings. The quantitative estimate of drug-likeness (QED) is 0.888. The van der Waals surface area contributed by atoms with Crippen molar-refractivity contribution in [3.05, 3.63) is 52.8 Å². The van der Waals surface area contributed by atoms with Crippen molar-refractivity contribution in [3.8, 4) is 6.07 Å². The Morgan fingerprint density at radius 2 is 2.00 bits per heavy atom. The summed E-state index contributed by atoms with van der Waals surface area (Å²) in [4.78, 5) is 0. The molecular formula is C14H16N4. The first-order valence-electron chi connectivity index (χ1n) is 5.88. The van der Waals surface area contributed by atoms with Gasteiger partial charge in [-0.15, -0.1) is 0 Å². The van der Waals surface area contributed by atoms with Gasteiger partial charge in [-0.1, -0.05) is 12.1 Å². The summed E-state index contributed by atoms with van der Waals surface area (Å²) < 4.78 is 1.83. The summed E-state index contributed by atoms with van der Waals surface area (Å²) in [5.41, 5.74) is 4.15. The molecule has 0 saturated carbocycles. The lowest BCUT2D eigenvalue weighted by Gasteiger charge is -2.04. The molecular weight excluding hydrogens is 224 g/mol. The van der Waals surface area contributed by atoms with Crippen molar-refractivity contribution in [1.82, 2.24) is 15.1 Å². The Morgan fingerprint density at radius 3 is 2.56 bits per heavy atom. The van der Waals surface area contributed by atoms with Crippen LogP contribution in [0.2, 0.25) is 0 Å². The van der Waals surface area contributed by atoms with Crippen LogP contribution >= 0.6 is 0 Å². The number of benzene rings is 1. The largest absolute Gasteiger partial charge is 0.308 e. The molecule has 0 aliphatic carbocycles. The lowest BCUT2D eigenvalue weighted by Crippen LogP contribution is -2.12. The Morgan fingerprint density at radius 1 is 1.28 bits per heavy atom. The molecule has 0 aliphatic heterocycles. The molecule has 2 rings (SSSR count). The van der Waals surface area contributed by atoms with E-state index >= 15 is 0 Å². The fourth-order valence-electron chi connectivity index (χ4n) is 1.86. The molecule has 18 heavy (non-hydrogen) atoms. The molecule has 0 unspecified atom stereocenters. The van der Waals surface area contributed by atoms with E-state index in [9.17, 15) is 0 Å². The molecule has 0 atom stereocenters. The van der Waals surface area contributed by atoms with Gasteiger partial charge in [-0.2, -0.15) is 10.4 Å². The zero-order valence-corrected chi connectivity index (χ0v) is 10.6. The van der Waals surface area contributed by atoms with Gasteiger partial charge in [0.25, 0.3) is 0 Å². The molecule has 0 fully saturated rings.